The Hall–Kier alpha value is -4.83. The summed E-state index contributed by atoms with van der Waals surface area (Å²) in [5.41, 5.74) is 2.17. The first-order valence-electron chi connectivity index (χ1n) is 15.3. The van der Waals surface area contributed by atoms with Gasteiger partial charge in [0.2, 0.25) is 11.8 Å². The number of nitrogens with zero attached hydrogens (tertiary/aromatic N) is 2. The fourth-order valence-corrected chi connectivity index (χ4v) is 6.54. The molecule has 0 heterocycles. The van der Waals surface area contributed by atoms with E-state index in [9.17, 15) is 18.0 Å². The second-order valence-electron chi connectivity index (χ2n) is 12.3. The molecule has 1 N–H and O–H groups in total. The van der Waals surface area contributed by atoms with Crippen molar-refractivity contribution in [3.05, 3.63) is 120 Å². The van der Waals surface area contributed by atoms with Gasteiger partial charge in [-0.15, -0.1) is 0 Å². The highest BCUT2D eigenvalue weighted by Crippen LogP contribution is 2.34. The van der Waals surface area contributed by atoms with E-state index in [4.69, 9.17) is 9.47 Å². The highest BCUT2D eigenvalue weighted by atomic mass is 32.2. The topological polar surface area (TPSA) is 105 Å². The molecule has 0 aliphatic carbocycles. The molecule has 0 spiro atoms. The van der Waals surface area contributed by atoms with Gasteiger partial charge in [-0.2, -0.15) is 0 Å². The Morgan fingerprint density at radius 2 is 1.36 bits per heavy atom. The Kier molecular flexibility index (Phi) is 11.3. The van der Waals surface area contributed by atoms with Crippen molar-refractivity contribution >= 4 is 27.5 Å². The lowest BCUT2D eigenvalue weighted by atomic mass is 10.0. The number of carbonyl (C=O) groups excluding carboxylic acids is 2. The van der Waals surface area contributed by atoms with E-state index < -0.39 is 34.1 Å². The number of benzene rings is 4. The molecule has 0 radical (unpaired) electrons. The standard InChI is InChI=1S/C37H43N3O6S/c1-27-17-20-31(21-18-27)47(43,44)40(30-19-22-33(45-5)34(24-30)46-6)26-35(41)39(25-29-15-11-8-12-16-29)32(36(42)38-37(2,3)4)23-28-13-9-7-10-14-28/h7-22,24,32H,23,25-26H2,1-6H3,(H,38,42)/t32-/m1/s1. The van der Waals surface area contributed by atoms with Crippen molar-refractivity contribution in [3.8, 4) is 11.5 Å². The van der Waals surface area contributed by atoms with Gasteiger partial charge in [0.15, 0.2) is 11.5 Å². The minimum absolute atomic E-state index is 0.0200. The first kappa shape index (κ1) is 35.0. The van der Waals surface area contributed by atoms with Crippen LogP contribution in [0, 0.1) is 6.92 Å². The SMILES string of the molecule is COc1ccc(N(CC(=O)N(Cc2ccccc2)[C@H](Cc2ccccc2)C(=O)NC(C)(C)C)S(=O)(=O)c2ccc(C)cc2)cc1OC. The average molecular weight is 658 g/mol. The number of hydrogen-bond acceptors (Lipinski definition) is 6. The van der Waals surface area contributed by atoms with Gasteiger partial charge in [0.25, 0.3) is 10.0 Å². The smallest absolute Gasteiger partial charge is 0.264 e. The molecule has 4 aromatic rings. The van der Waals surface area contributed by atoms with Crippen LogP contribution in [0.2, 0.25) is 0 Å². The summed E-state index contributed by atoms with van der Waals surface area (Å²) in [4.78, 5) is 30.1. The zero-order chi connectivity index (χ0) is 34.2. The third-order valence-corrected chi connectivity index (χ3v) is 9.30. The van der Waals surface area contributed by atoms with Gasteiger partial charge >= 0.3 is 0 Å². The van der Waals surface area contributed by atoms with E-state index in [1.807, 2.05) is 88.4 Å². The summed E-state index contributed by atoms with van der Waals surface area (Å²) < 4.78 is 40.5. The molecule has 4 aromatic carbocycles. The molecule has 1 atom stereocenters. The average Bonchev–Trinajstić information content (AvgIpc) is 3.05. The van der Waals surface area contributed by atoms with Crippen LogP contribution in [0.1, 0.15) is 37.5 Å². The van der Waals surface area contributed by atoms with E-state index in [1.54, 1.807) is 24.3 Å². The van der Waals surface area contributed by atoms with E-state index in [0.29, 0.717) is 11.5 Å². The van der Waals surface area contributed by atoms with E-state index in [1.165, 1.54) is 37.3 Å². The van der Waals surface area contributed by atoms with Gasteiger partial charge in [0.05, 0.1) is 24.8 Å². The summed E-state index contributed by atoms with van der Waals surface area (Å²) in [6, 6.07) is 28.9. The van der Waals surface area contributed by atoms with E-state index in [2.05, 4.69) is 5.32 Å². The van der Waals surface area contributed by atoms with E-state index >= 15 is 0 Å². The Labute approximate surface area is 278 Å². The van der Waals surface area contributed by atoms with Crippen molar-refractivity contribution in [2.75, 3.05) is 25.1 Å². The number of amides is 2. The number of ether oxygens (including phenoxy) is 2. The Bertz CT molecular complexity index is 1760. The van der Waals surface area contributed by atoms with Crippen LogP contribution in [-0.2, 0) is 32.6 Å². The molecule has 0 saturated heterocycles. The van der Waals surface area contributed by atoms with Gasteiger partial charge in [-0.05, 0) is 63.1 Å². The predicted octanol–water partition coefficient (Wildman–Crippen LogP) is 5.76. The highest BCUT2D eigenvalue weighted by Gasteiger charge is 2.36. The lowest BCUT2D eigenvalue weighted by Gasteiger charge is -2.35. The van der Waals surface area contributed by atoms with Crippen LogP contribution in [-0.4, -0.2) is 57.5 Å². The first-order valence-corrected chi connectivity index (χ1v) is 16.8. The van der Waals surface area contributed by atoms with Gasteiger partial charge in [0, 0.05) is 24.6 Å². The maximum Gasteiger partial charge on any atom is 0.264 e. The summed E-state index contributed by atoms with van der Waals surface area (Å²) in [6.07, 6.45) is 0.225. The van der Waals surface area contributed by atoms with Crippen LogP contribution < -0.4 is 19.1 Å². The van der Waals surface area contributed by atoms with Crippen molar-refractivity contribution < 1.29 is 27.5 Å². The Balaban J connectivity index is 1.84. The summed E-state index contributed by atoms with van der Waals surface area (Å²) in [5, 5.41) is 3.04. The molecule has 47 heavy (non-hydrogen) atoms. The van der Waals surface area contributed by atoms with Crippen LogP contribution in [0.15, 0.2) is 108 Å². The van der Waals surface area contributed by atoms with Crippen molar-refractivity contribution in [3.63, 3.8) is 0 Å². The molecule has 248 valence electrons. The number of rotatable bonds is 13. The number of carbonyl (C=O) groups is 2. The largest absolute Gasteiger partial charge is 0.493 e. The number of hydrogen-bond donors (Lipinski definition) is 1. The Morgan fingerprint density at radius 1 is 0.787 bits per heavy atom. The fraction of sp³-hybridized carbons (Fsp3) is 0.297. The Morgan fingerprint density at radius 3 is 1.91 bits per heavy atom. The molecule has 0 saturated carbocycles. The first-order chi connectivity index (χ1) is 22.3. The predicted molar refractivity (Wildman–Crippen MR) is 184 cm³/mol. The third-order valence-electron chi connectivity index (χ3n) is 7.51. The molecule has 9 nitrogen and oxygen atoms in total. The zero-order valence-electron chi connectivity index (χ0n) is 27.8. The molecule has 0 aromatic heterocycles. The zero-order valence-corrected chi connectivity index (χ0v) is 28.6. The maximum absolute atomic E-state index is 14.6. The highest BCUT2D eigenvalue weighted by molar-refractivity contribution is 7.92. The quantitative estimate of drug-likeness (QED) is 0.196. The third kappa shape index (κ3) is 9.13. The summed E-state index contributed by atoms with van der Waals surface area (Å²) in [6.45, 7) is 7.00. The molecule has 0 bridgehead atoms. The molecule has 10 heteroatoms. The fourth-order valence-electron chi connectivity index (χ4n) is 5.13. The lowest BCUT2D eigenvalue weighted by Crippen LogP contribution is -2.56. The number of nitrogens with one attached hydrogen (secondary N) is 1. The van der Waals surface area contributed by atoms with Crippen molar-refractivity contribution in [1.82, 2.24) is 10.2 Å². The number of anilines is 1. The second-order valence-corrected chi connectivity index (χ2v) is 14.2. The molecule has 0 aliphatic heterocycles. The van der Waals surface area contributed by atoms with Crippen molar-refractivity contribution in [1.29, 1.82) is 0 Å². The maximum atomic E-state index is 14.6. The van der Waals surface area contributed by atoms with Gasteiger partial charge in [-0.1, -0.05) is 78.4 Å². The van der Waals surface area contributed by atoms with Crippen molar-refractivity contribution in [2.24, 2.45) is 0 Å². The van der Waals surface area contributed by atoms with Crippen LogP contribution in [0.25, 0.3) is 0 Å². The summed E-state index contributed by atoms with van der Waals surface area (Å²) in [7, 11) is -1.32. The number of sulfonamides is 1. The van der Waals surface area contributed by atoms with Gasteiger partial charge in [-0.25, -0.2) is 8.42 Å². The molecule has 0 aliphatic rings. The van der Waals surface area contributed by atoms with Gasteiger partial charge in [-0.3, -0.25) is 13.9 Å². The van der Waals surface area contributed by atoms with Gasteiger partial charge in [0.1, 0.15) is 12.6 Å². The second kappa shape index (κ2) is 15.2. The number of methoxy groups -OCH3 is 2. The minimum atomic E-state index is -4.26. The molecule has 2 amide bonds. The monoisotopic (exact) mass is 657 g/mol. The van der Waals surface area contributed by atoms with Crippen LogP contribution in [0.3, 0.4) is 0 Å². The minimum Gasteiger partial charge on any atom is -0.493 e. The van der Waals surface area contributed by atoms with Crippen LogP contribution in [0.5, 0.6) is 11.5 Å². The number of aryl methyl sites for hydroxylation is 1. The van der Waals surface area contributed by atoms with E-state index in [-0.39, 0.29) is 29.5 Å². The molecule has 4 rings (SSSR count). The van der Waals surface area contributed by atoms with Crippen LogP contribution in [0.4, 0.5) is 5.69 Å². The molecular weight excluding hydrogens is 614 g/mol. The molecular formula is C37H43N3O6S. The lowest BCUT2D eigenvalue weighted by molar-refractivity contribution is -0.140. The normalized spacial score (nSPS) is 12.1. The summed E-state index contributed by atoms with van der Waals surface area (Å²) in [5.74, 6) is -0.189. The summed E-state index contributed by atoms with van der Waals surface area (Å²) >= 11 is 0. The van der Waals surface area contributed by atoms with Crippen LogP contribution >= 0.6 is 0 Å². The molecule has 0 fully saturated rings. The van der Waals surface area contributed by atoms with E-state index in [0.717, 1.165) is 21.0 Å². The van der Waals surface area contributed by atoms with Gasteiger partial charge < -0.3 is 19.7 Å². The van der Waals surface area contributed by atoms with Crippen molar-refractivity contribution in [2.45, 2.75) is 57.1 Å². The molecule has 0 unspecified atom stereocenters.